The van der Waals surface area contributed by atoms with Crippen molar-refractivity contribution in [3.05, 3.63) is 30.1 Å². The van der Waals surface area contributed by atoms with E-state index in [1.807, 2.05) is 24.4 Å². The van der Waals surface area contributed by atoms with Crippen LogP contribution in [0.2, 0.25) is 0 Å². The van der Waals surface area contributed by atoms with Gasteiger partial charge in [-0.3, -0.25) is 0 Å². The van der Waals surface area contributed by atoms with Crippen LogP contribution in [0.5, 0.6) is 0 Å². The molecule has 18 heavy (non-hydrogen) atoms. The average Bonchev–Trinajstić information content (AvgIpc) is 2.88. The molecule has 0 radical (unpaired) electrons. The summed E-state index contributed by atoms with van der Waals surface area (Å²) >= 11 is 6.11. The summed E-state index contributed by atoms with van der Waals surface area (Å²) in [5.41, 5.74) is 2.46. The molecule has 0 saturated carbocycles. The van der Waals surface area contributed by atoms with Crippen LogP contribution in [-0.2, 0) is 5.88 Å². The van der Waals surface area contributed by atoms with Gasteiger partial charge >= 0.3 is 0 Å². The zero-order valence-corrected chi connectivity index (χ0v) is 11.6. The summed E-state index contributed by atoms with van der Waals surface area (Å²) in [7, 11) is 0. The second kappa shape index (κ2) is 4.16. The largest absolute Gasteiger partial charge is 0.354 e. The minimum Gasteiger partial charge on any atom is -0.354 e. The Morgan fingerprint density at radius 1 is 1.39 bits per heavy atom. The number of fused-ring (bicyclic) bond motifs is 1. The van der Waals surface area contributed by atoms with E-state index >= 15 is 0 Å². The van der Waals surface area contributed by atoms with E-state index in [1.165, 1.54) is 6.42 Å². The predicted octanol–water partition coefficient (Wildman–Crippen LogP) is 3.31. The number of rotatable bonds is 2. The van der Waals surface area contributed by atoms with E-state index < -0.39 is 0 Å². The molecule has 1 fully saturated rings. The van der Waals surface area contributed by atoms with Crippen LogP contribution in [0.1, 0.15) is 26.0 Å². The zero-order valence-electron chi connectivity index (χ0n) is 10.9. The van der Waals surface area contributed by atoms with Gasteiger partial charge in [0, 0.05) is 19.3 Å². The smallest absolute Gasteiger partial charge is 0.152 e. The molecule has 0 N–H and O–H groups in total. The van der Waals surface area contributed by atoms with E-state index in [-0.39, 0.29) is 0 Å². The summed E-state index contributed by atoms with van der Waals surface area (Å²) in [6.07, 6.45) is 3.24. The first-order valence-electron chi connectivity index (χ1n) is 6.38. The van der Waals surface area contributed by atoms with Crippen molar-refractivity contribution in [3.8, 4) is 0 Å². The molecule has 3 heterocycles. The summed E-state index contributed by atoms with van der Waals surface area (Å²) in [6, 6.07) is 6.06. The molecule has 96 valence electrons. The maximum atomic E-state index is 6.11. The predicted molar refractivity (Wildman–Crippen MR) is 75.4 cm³/mol. The number of halogens is 1. The number of hydrogen-bond acceptors (Lipinski definition) is 2. The number of hydrogen-bond donors (Lipinski definition) is 0. The number of nitrogens with zero attached hydrogens (tertiary/aromatic N) is 3. The Morgan fingerprint density at radius 3 is 2.89 bits per heavy atom. The van der Waals surface area contributed by atoms with E-state index in [9.17, 15) is 0 Å². The van der Waals surface area contributed by atoms with Gasteiger partial charge in [0.1, 0.15) is 5.65 Å². The Morgan fingerprint density at radius 2 is 2.22 bits per heavy atom. The fourth-order valence-corrected chi connectivity index (χ4v) is 2.95. The highest BCUT2D eigenvalue weighted by Gasteiger charge is 2.31. The quantitative estimate of drug-likeness (QED) is 0.775. The van der Waals surface area contributed by atoms with Gasteiger partial charge in [0.15, 0.2) is 5.82 Å². The molecular formula is C14H18ClN3. The van der Waals surface area contributed by atoms with Crippen molar-refractivity contribution in [3.63, 3.8) is 0 Å². The zero-order chi connectivity index (χ0) is 12.8. The van der Waals surface area contributed by atoms with Crippen LogP contribution >= 0.6 is 11.6 Å². The van der Waals surface area contributed by atoms with Crippen LogP contribution in [0.4, 0.5) is 5.82 Å². The number of pyridine rings is 1. The van der Waals surface area contributed by atoms with Gasteiger partial charge in [-0.2, -0.15) is 0 Å². The Balaban J connectivity index is 2.07. The van der Waals surface area contributed by atoms with E-state index in [4.69, 9.17) is 16.6 Å². The number of aromatic nitrogens is 2. The number of anilines is 1. The van der Waals surface area contributed by atoms with Crippen molar-refractivity contribution >= 4 is 23.1 Å². The molecule has 0 spiro atoms. The SMILES string of the molecule is CC1(C)CCN(c2nc3ccccn3c2CCl)C1. The van der Waals surface area contributed by atoms with Crippen LogP contribution in [-0.4, -0.2) is 22.5 Å². The number of alkyl halides is 1. The van der Waals surface area contributed by atoms with Crippen molar-refractivity contribution in [2.75, 3.05) is 18.0 Å². The maximum absolute atomic E-state index is 6.11. The van der Waals surface area contributed by atoms with E-state index in [2.05, 4.69) is 23.1 Å². The van der Waals surface area contributed by atoms with Crippen LogP contribution in [0.3, 0.4) is 0 Å². The normalized spacial score (nSPS) is 18.7. The minimum absolute atomic E-state index is 0.374. The molecule has 0 unspecified atom stereocenters. The fraction of sp³-hybridized carbons (Fsp3) is 0.500. The van der Waals surface area contributed by atoms with Crippen molar-refractivity contribution < 1.29 is 0 Å². The van der Waals surface area contributed by atoms with Gasteiger partial charge in [-0.25, -0.2) is 4.98 Å². The molecule has 3 nitrogen and oxygen atoms in total. The first kappa shape index (κ1) is 11.8. The number of imidazole rings is 1. The molecule has 0 aliphatic carbocycles. The lowest BCUT2D eigenvalue weighted by atomic mass is 9.93. The standard InChI is InChI=1S/C14H18ClN3/c1-14(2)6-8-17(10-14)13-11(9-15)18-7-4-3-5-12(18)16-13/h3-5,7H,6,8-10H2,1-2H3. The summed E-state index contributed by atoms with van der Waals surface area (Å²) in [6.45, 7) is 6.74. The Kier molecular flexibility index (Phi) is 2.74. The molecule has 4 heteroatoms. The first-order valence-corrected chi connectivity index (χ1v) is 6.91. The van der Waals surface area contributed by atoms with E-state index in [0.717, 1.165) is 30.2 Å². The molecule has 1 aliphatic rings. The van der Waals surface area contributed by atoms with E-state index in [1.54, 1.807) is 0 Å². The van der Waals surface area contributed by atoms with Gasteiger partial charge in [-0.1, -0.05) is 19.9 Å². The highest BCUT2D eigenvalue weighted by molar-refractivity contribution is 6.17. The van der Waals surface area contributed by atoms with Crippen LogP contribution in [0, 0.1) is 5.41 Å². The summed E-state index contributed by atoms with van der Waals surface area (Å²) in [5, 5.41) is 0. The second-order valence-corrected chi connectivity index (χ2v) is 6.05. The molecule has 2 aromatic heterocycles. The van der Waals surface area contributed by atoms with Gasteiger partial charge in [-0.05, 0) is 24.0 Å². The monoisotopic (exact) mass is 263 g/mol. The van der Waals surface area contributed by atoms with Crippen molar-refractivity contribution in [1.82, 2.24) is 9.38 Å². The van der Waals surface area contributed by atoms with Crippen molar-refractivity contribution in [2.24, 2.45) is 5.41 Å². The van der Waals surface area contributed by atoms with Gasteiger partial charge in [0.05, 0.1) is 11.6 Å². The highest BCUT2D eigenvalue weighted by atomic mass is 35.5. The van der Waals surface area contributed by atoms with Crippen molar-refractivity contribution in [2.45, 2.75) is 26.1 Å². The van der Waals surface area contributed by atoms with Crippen molar-refractivity contribution in [1.29, 1.82) is 0 Å². The fourth-order valence-electron chi connectivity index (χ4n) is 2.70. The molecule has 0 aromatic carbocycles. The van der Waals surface area contributed by atoms with Gasteiger partial charge in [-0.15, -0.1) is 11.6 Å². The lowest BCUT2D eigenvalue weighted by Gasteiger charge is -2.20. The maximum Gasteiger partial charge on any atom is 0.152 e. The summed E-state index contributed by atoms with van der Waals surface area (Å²) in [5.74, 6) is 1.55. The summed E-state index contributed by atoms with van der Waals surface area (Å²) < 4.78 is 2.09. The molecule has 0 amide bonds. The van der Waals surface area contributed by atoms with Crippen LogP contribution in [0.15, 0.2) is 24.4 Å². The Hall–Kier alpha value is -1.22. The average molecular weight is 264 g/mol. The lowest BCUT2D eigenvalue weighted by molar-refractivity contribution is 0.418. The molecule has 3 rings (SSSR count). The minimum atomic E-state index is 0.374. The lowest BCUT2D eigenvalue weighted by Crippen LogP contribution is -2.23. The molecular weight excluding hydrogens is 246 g/mol. The molecule has 1 saturated heterocycles. The topological polar surface area (TPSA) is 20.5 Å². The summed E-state index contributed by atoms with van der Waals surface area (Å²) in [4.78, 5) is 7.10. The molecule has 0 atom stereocenters. The van der Waals surface area contributed by atoms with Gasteiger partial charge in [0.25, 0.3) is 0 Å². The molecule has 1 aliphatic heterocycles. The third-order valence-electron chi connectivity index (χ3n) is 3.71. The Bertz CT molecular complexity index is 573. The third kappa shape index (κ3) is 1.87. The van der Waals surface area contributed by atoms with E-state index in [0.29, 0.717) is 11.3 Å². The molecule has 2 aromatic rings. The second-order valence-electron chi connectivity index (χ2n) is 5.78. The van der Waals surface area contributed by atoms with Crippen LogP contribution in [0.25, 0.3) is 5.65 Å². The molecule has 0 bridgehead atoms. The third-order valence-corrected chi connectivity index (χ3v) is 3.96. The Labute approximate surface area is 112 Å². The first-order chi connectivity index (χ1) is 8.61. The highest BCUT2D eigenvalue weighted by Crippen LogP contribution is 2.34. The van der Waals surface area contributed by atoms with Gasteiger partial charge in [0.2, 0.25) is 0 Å². The van der Waals surface area contributed by atoms with Crippen LogP contribution < -0.4 is 4.90 Å². The van der Waals surface area contributed by atoms with Gasteiger partial charge < -0.3 is 9.30 Å².